The summed E-state index contributed by atoms with van der Waals surface area (Å²) in [6.07, 6.45) is 1.74. The van der Waals surface area contributed by atoms with Crippen LogP contribution in [0, 0.1) is 0 Å². The Hall–Kier alpha value is -1.79. The van der Waals surface area contributed by atoms with Crippen molar-refractivity contribution in [3.05, 3.63) is 0 Å². The molecule has 19 heavy (non-hydrogen) atoms. The van der Waals surface area contributed by atoms with E-state index in [0.29, 0.717) is 0 Å². The van der Waals surface area contributed by atoms with Gasteiger partial charge in [0.1, 0.15) is 0 Å². The Kier molecular flexibility index (Phi) is 4.74. The molecule has 3 amide bonds. The molecule has 1 saturated carbocycles. The van der Waals surface area contributed by atoms with Crippen LogP contribution >= 0.6 is 0 Å². The van der Waals surface area contributed by atoms with Gasteiger partial charge in [0, 0.05) is 24.5 Å². The Bertz CT molecular complexity index is 377. The van der Waals surface area contributed by atoms with Crippen LogP contribution in [0.1, 0.15) is 39.5 Å². The lowest BCUT2D eigenvalue weighted by atomic mass is 10.0. The predicted octanol–water partition coefficient (Wildman–Crippen LogP) is 0.289. The molecule has 0 heterocycles. The van der Waals surface area contributed by atoms with E-state index in [4.69, 9.17) is 10.8 Å². The largest absolute Gasteiger partial charge is 0.481 e. The molecule has 4 N–H and O–H groups in total. The van der Waals surface area contributed by atoms with E-state index >= 15 is 0 Å². The zero-order chi connectivity index (χ0) is 14.6. The van der Waals surface area contributed by atoms with Gasteiger partial charge in [-0.25, -0.2) is 4.79 Å². The third-order valence-corrected chi connectivity index (χ3v) is 2.88. The number of carbonyl (C=O) groups is 3. The van der Waals surface area contributed by atoms with Crippen molar-refractivity contribution in [2.75, 3.05) is 6.54 Å². The molecule has 0 aliphatic heterocycles. The average Bonchev–Trinajstić information content (AvgIpc) is 2.97. The highest BCUT2D eigenvalue weighted by Gasteiger charge is 2.35. The second kappa shape index (κ2) is 5.90. The van der Waals surface area contributed by atoms with Gasteiger partial charge in [-0.3, -0.25) is 9.59 Å². The fourth-order valence-corrected chi connectivity index (χ4v) is 1.89. The first-order valence-electron chi connectivity index (χ1n) is 6.30. The third kappa shape index (κ3) is 5.58. The molecule has 1 fully saturated rings. The quantitative estimate of drug-likeness (QED) is 0.617. The van der Waals surface area contributed by atoms with Crippen LogP contribution < -0.4 is 11.1 Å². The molecule has 1 rings (SSSR count). The fourth-order valence-electron chi connectivity index (χ4n) is 1.89. The van der Waals surface area contributed by atoms with E-state index in [1.807, 2.05) is 0 Å². The van der Waals surface area contributed by atoms with Crippen LogP contribution in [-0.4, -0.2) is 46.0 Å². The van der Waals surface area contributed by atoms with Gasteiger partial charge in [0.05, 0.1) is 6.42 Å². The standard InChI is InChI=1S/C12H21N3O4/c1-12(2,7-9(13)16)14-11(19)15(8-3-4-8)6-5-10(17)18/h8H,3-7H2,1-2H3,(H2,13,16)(H,14,19)(H,17,18). The number of nitrogens with two attached hydrogens (primary N) is 1. The van der Waals surface area contributed by atoms with Crippen LogP contribution in [-0.2, 0) is 9.59 Å². The van der Waals surface area contributed by atoms with Gasteiger partial charge in [0.2, 0.25) is 5.91 Å². The number of nitrogens with one attached hydrogen (secondary N) is 1. The lowest BCUT2D eigenvalue weighted by Crippen LogP contribution is -2.52. The minimum absolute atomic E-state index is 0.0379. The third-order valence-electron chi connectivity index (χ3n) is 2.88. The summed E-state index contributed by atoms with van der Waals surface area (Å²) in [5.74, 6) is -1.43. The van der Waals surface area contributed by atoms with Crippen molar-refractivity contribution < 1.29 is 19.5 Å². The second-order valence-corrected chi connectivity index (χ2v) is 5.53. The lowest BCUT2D eigenvalue weighted by molar-refractivity contribution is -0.137. The maximum absolute atomic E-state index is 12.1. The van der Waals surface area contributed by atoms with Gasteiger partial charge in [-0.15, -0.1) is 0 Å². The van der Waals surface area contributed by atoms with Crippen molar-refractivity contribution in [1.82, 2.24) is 10.2 Å². The predicted molar refractivity (Wildman–Crippen MR) is 68.4 cm³/mol. The maximum Gasteiger partial charge on any atom is 0.318 e. The zero-order valence-corrected chi connectivity index (χ0v) is 11.3. The zero-order valence-electron chi connectivity index (χ0n) is 11.3. The monoisotopic (exact) mass is 271 g/mol. The highest BCUT2D eigenvalue weighted by Crippen LogP contribution is 2.27. The first-order chi connectivity index (χ1) is 8.71. The number of hydrogen-bond acceptors (Lipinski definition) is 3. The number of carboxylic acids is 1. The molecule has 0 saturated heterocycles. The van der Waals surface area contributed by atoms with Crippen LogP contribution in [0.5, 0.6) is 0 Å². The van der Waals surface area contributed by atoms with E-state index < -0.39 is 17.4 Å². The van der Waals surface area contributed by atoms with E-state index in [1.165, 1.54) is 4.90 Å². The van der Waals surface area contributed by atoms with E-state index in [2.05, 4.69) is 5.32 Å². The average molecular weight is 271 g/mol. The first kappa shape index (κ1) is 15.3. The van der Waals surface area contributed by atoms with Crippen molar-refractivity contribution in [3.63, 3.8) is 0 Å². The molecule has 0 unspecified atom stereocenters. The number of amides is 3. The summed E-state index contributed by atoms with van der Waals surface area (Å²) in [6.45, 7) is 3.59. The van der Waals surface area contributed by atoms with Gasteiger partial charge in [-0.1, -0.05) is 0 Å². The number of nitrogens with zero attached hydrogens (tertiary/aromatic N) is 1. The molecule has 0 aromatic rings. The molecule has 7 nitrogen and oxygen atoms in total. The maximum atomic E-state index is 12.1. The van der Waals surface area contributed by atoms with E-state index in [0.717, 1.165) is 12.8 Å². The molecule has 0 spiro atoms. The molecule has 0 atom stereocenters. The highest BCUT2D eigenvalue weighted by atomic mass is 16.4. The molecule has 1 aliphatic rings. The summed E-state index contributed by atoms with van der Waals surface area (Å²) in [7, 11) is 0. The van der Waals surface area contributed by atoms with Gasteiger partial charge >= 0.3 is 12.0 Å². The summed E-state index contributed by atoms with van der Waals surface area (Å²) < 4.78 is 0. The molecule has 108 valence electrons. The van der Waals surface area contributed by atoms with Gasteiger partial charge in [-0.05, 0) is 26.7 Å². The molecule has 0 bridgehead atoms. The molecular weight excluding hydrogens is 250 g/mol. The molecule has 7 heteroatoms. The first-order valence-corrected chi connectivity index (χ1v) is 6.30. The Labute approximate surface area is 112 Å². The van der Waals surface area contributed by atoms with Crippen molar-refractivity contribution in [1.29, 1.82) is 0 Å². The Balaban J connectivity index is 2.56. The molecule has 0 radical (unpaired) electrons. The highest BCUT2D eigenvalue weighted by molar-refractivity contribution is 5.79. The van der Waals surface area contributed by atoms with Gasteiger partial charge in [0.15, 0.2) is 0 Å². The number of rotatable bonds is 7. The van der Waals surface area contributed by atoms with Crippen LogP contribution in [0.2, 0.25) is 0 Å². The topological polar surface area (TPSA) is 113 Å². The summed E-state index contributed by atoms with van der Waals surface area (Å²) in [5, 5.41) is 11.4. The Morgan fingerprint density at radius 2 is 1.95 bits per heavy atom. The molecule has 1 aliphatic carbocycles. The van der Waals surface area contributed by atoms with Crippen LogP contribution in [0.3, 0.4) is 0 Å². The van der Waals surface area contributed by atoms with E-state index in [1.54, 1.807) is 13.8 Å². The number of primary amides is 1. The van der Waals surface area contributed by atoms with Crippen molar-refractivity contribution in [2.45, 2.75) is 51.1 Å². The van der Waals surface area contributed by atoms with Gasteiger partial charge in [-0.2, -0.15) is 0 Å². The summed E-state index contributed by atoms with van der Waals surface area (Å²) in [6, 6.07) is -0.223. The van der Waals surface area contributed by atoms with Crippen LogP contribution in [0.4, 0.5) is 4.79 Å². The number of carbonyl (C=O) groups excluding carboxylic acids is 2. The van der Waals surface area contributed by atoms with Crippen LogP contribution in [0.15, 0.2) is 0 Å². The number of urea groups is 1. The Morgan fingerprint density at radius 3 is 2.37 bits per heavy atom. The normalized spacial score (nSPS) is 14.8. The number of hydrogen-bond donors (Lipinski definition) is 3. The molecular formula is C12H21N3O4. The fraction of sp³-hybridized carbons (Fsp3) is 0.750. The lowest BCUT2D eigenvalue weighted by Gasteiger charge is -2.30. The molecule has 0 aromatic heterocycles. The number of aliphatic carboxylic acids is 1. The Morgan fingerprint density at radius 1 is 1.37 bits per heavy atom. The second-order valence-electron chi connectivity index (χ2n) is 5.53. The van der Waals surface area contributed by atoms with E-state index in [-0.39, 0.29) is 31.5 Å². The number of carboxylic acid groups (broad SMARTS) is 1. The smallest absolute Gasteiger partial charge is 0.318 e. The summed E-state index contributed by atoms with van der Waals surface area (Å²) >= 11 is 0. The van der Waals surface area contributed by atoms with Crippen LogP contribution in [0.25, 0.3) is 0 Å². The van der Waals surface area contributed by atoms with Gasteiger partial charge in [0.25, 0.3) is 0 Å². The minimum atomic E-state index is -0.935. The SMILES string of the molecule is CC(C)(CC(N)=O)NC(=O)N(CCC(=O)O)C1CC1. The van der Waals surface area contributed by atoms with E-state index in [9.17, 15) is 14.4 Å². The summed E-state index contributed by atoms with van der Waals surface area (Å²) in [5.41, 5.74) is 4.38. The minimum Gasteiger partial charge on any atom is -0.481 e. The summed E-state index contributed by atoms with van der Waals surface area (Å²) in [4.78, 5) is 35.1. The van der Waals surface area contributed by atoms with Crippen molar-refractivity contribution in [3.8, 4) is 0 Å². The van der Waals surface area contributed by atoms with Crippen molar-refractivity contribution in [2.24, 2.45) is 5.73 Å². The van der Waals surface area contributed by atoms with Gasteiger partial charge < -0.3 is 21.1 Å². The van der Waals surface area contributed by atoms with Crippen molar-refractivity contribution >= 4 is 17.9 Å². The molecule has 0 aromatic carbocycles.